The Balaban J connectivity index is 2.36. The predicted octanol–water partition coefficient (Wildman–Crippen LogP) is 3.52. The van der Waals surface area contributed by atoms with Gasteiger partial charge in [-0.1, -0.05) is 34.6 Å². The van der Waals surface area contributed by atoms with Crippen molar-refractivity contribution in [2.45, 2.75) is 66.3 Å². The second-order valence-corrected chi connectivity index (χ2v) is 7.21. The fraction of sp³-hybridized carbons (Fsp3) is 1.00. The Morgan fingerprint density at radius 1 is 1.33 bits per heavy atom. The summed E-state index contributed by atoms with van der Waals surface area (Å²) in [5.74, 6) is 0.899. The summed E-state index contributed by atoms with van der Waals surface area (Å²) in [7, 11) is 0. The summed E-state index contributed by atoms with van der Waals surface area (Å²) < 4.78 is 0. The van der Waals surface area contributed by atoms with Gasteiger partial charge in [0.15, 0.2) is 0 Å². The highest BCUT2D eigenvalue weighted by atomic mass is 15.1. The van der Waals surface area contributed by atoms with Crippen LogP contribution in [0.15, 0.2) is 0 Å². The van der Waals surface area contributed by atoms with Crippen molar-refractivity contribution in [1.82, 2.24) is 10.2 Å². The van der Waals surface area contributed by atoms with Gasteiger partial charge in [-0.3, -0.25) is 0 Å². The number of likely N-dealkylation sites (tertiary alicyclic amines) is 1. The fourth-order valence-corrected chi connectivity index (χ4v) is 2.96. The number of nitrogens with zero attached hydrogens (tertiary/aromatic N) is 1. The topological polar surface area (TPSA) is 15.3 Å². The molecule has 2 unspecified atom stereocenters. The zero-order valence-electron chi connectivity index (χ0n) is 13.3. The molecule has 2 nitrogen and oxygen atoms in total. The molecule has 0 saturated carbocycles. The van der Waals surface area contributed by atoms with E-state index in [-0.39, 0.29) is 0 Å². The van der Waals surface area contributed by atoms with Crippen molar-refractivity contribution in [2.24, 2.45) is 11.3 Å². The number of piperidine rings is 1. The highest BCUT2D eigenvalue weighted by Gasteiger charge is 2.25. The van der Waals surface area contributed by atoms with Crippen molar-refractivity contribution >= 4 is 0 Å². The highest BCUT2D eigenvalue weighted by Crippen LogP contribution is 2.23. The molecule has 1 rings (SSSR count). The molecule has 0 spiro atoms. The Morgan fingerprint density at radius 2 is 2.06 bits per heavy atom. The first kappa shape index (κ1) is 16.0. The van der Waals surface area contributed by atoms with E-state index in [1.807, 2.05) is 0 Å². The molecule has 0 aliphatic carbocycles. The Morgan fingerprint density at radius 3 is 2.61 bits per heavy atom. The summed E-state index contributed by atoms with van der Waals surface area (Å²) in [5.41, 5.74) is 0.372. The van der Waals surface area contributed by atoms with Crippen molar-refractivity contribution in [3.63, 3.8) is 0 Å². The smallest absolute Gasteiger partial charge is 0.0128 e. The lowest BCUT2D eigenvalue weighted by Gasteiger charge is -2.36. The van der Waals surface area contributed by atoms with Gasteiger partial charge in [0.25, 0.3) is 0 Å². The van der Waals surface area contributed by atoms with E-state index in [1.54, 1.807) is 0 Å². The molecule has 2 heteroatoms. The molecule has 1 heterocycles. The van der Waals surface area contributed by atoms with Crippen LogP contribution in [0.3, 0.4) is 0 Å². The van der Waals surface area contributed by atoms with Crippen LogP contribution in [-0.4, -0.2) is 37.1 Å². The molecule has 1 fully saturated rings. The lowest BCUT2D eigenvalue weighted by atomic mass is 9.84. The monoisotopic (exact) mass is 254 g/mol. The second kappa shape index (κ2) is 7.49. The molecule has 1 saturated heterocycles. The molecule has 0 amide bonds. The first-order valence-electron chi connectivity index (χ1n) is 7.89. The number of rotatable bonds is 6. The summed E-state index contributed by atoms with van der Waals surface area (Å²) in [4.78, 5) is 2.67. The molecule has 1 N–H and O–H groups in total. The Hall–Kier alpha value is -0.0800. The van der Waals surface area contributed by atoms with Crippen molar-refractivity contribution in [3.05, 3.63) is 0 Å². The minimum absolute atomic E-state index is 0.372. The molecular weight excluding hydrogens is 220 g/mol. The van der Waals surface area contributed by atoms with Gasteiger partial charge in [-0.05, 0) is 56.7 Å². The van der Waals surface area contributed by atoms with E-state index in [2.05, 4.69) is 44.8 Å². The number of hydrogen-bond donors (Lipinski definition) is 1. The van der Waals surface area contributed by atoms with Gasteiger partial charge in [0, 0.05) is 12.6 Å². The molecule has 18 heavy (non-hydrogen) atoms. The van der Waals surface area contributed by atoms with Crippen LogP contribution in [0.25, 0.3) is 0 Å². The third kappa shape index (κ3) is 5.71. The van der Waals surface area contributed by atoms with E-state index < -0.39 is 0 Å². The normalized spacial score (nSPS) is 24.2. The number of nitrogens with one attached hydrogen (secondary N) is 1. The maximum absolute atomic E-state index is 3.73. The summed E-state index contributed by atoms with van der Waals surface area (Å²) in [6.07, 6.45) is 5.33. The Bertz CT molecular complexity index is 220. The van der Waals surface area contributed by atoms with Gasteiger partial charge < -0.3 is 10.2 Å². The van der Waals surface area contributed by atoms with Crippen LogP contribution in [0.1, 0.15) is 60.3 Å². The van der Waals surface area contributed by atoms with Crippen LogP contribution in [0.2, 0.25) is 0 Å². The molecule has 0 aromatic rings. The van der Waals surface area contributed by atoms with Crippen LogP contribution < -0.4 is 5.32 Å². The maximum Gasteiger partial charge on any atom is 0.0128 e. The van der Waals surface area contributed by atoms with Gasteiger partial charge in [0.1, 0.15) is 0 Å². The van der Waals surface area contributed by atoms with Gasteiger partial charge >= 0.3 is 0 Å². The summed E-state index contributed by atoms with van der Waals surface area (Å²) in [5, 5.41) is 3.73. The van der Waals surface area contributed by atoms with Gasteiger partial charge in [-0.2, -0.15) is 0 Å². The molecule has 1 aliphatic rings. The predicted molar refractivity (Wildman–Crippen MR) is 81.0 cm³/mol. The van der Waals surface area contributed by atoms with Gasteiger partial charge in [-0.15, -0.1) is 0 Å². The van der Waals surface area contributed by atoms with E-state index in [4.69, 9.17) is 0 Å². The summed E-state index contributed by atoms with van der Waals surface area (Å²) in [6, 6.07) is 0.648. The van der Waals surface area contributed by atoms with Crippen LogP contribution in [-0.2, 0) is 0 Å². The van der Waals surface area contributed by atoms with Crippen LogP contribution in [0.4, 0.5) is 0 Å². The third-order valence-electron chi connectivity index (χ3n) is 4.16. The van der Waals surface area contributed by atoms with Crippen molar-refractivity contribution in [3.8, 4) is 0 Å². The average molecular weight is 254 g/mol. The van der Waals surface area contributed by atoms with Crippen LogP contribution in [0, 0.1) is 11.3 Å². The molecule has 0 aromatic carbocycles. The quantitative estimate of drug-likeness (QED) is 0.780. The van der Waals surface area contributed by atoms with Crippen LogP contribution >= 0.6 is 0 Å². The second-order valence-electron chi connectivity index (χ2n) is 7.21. The first-order chi connectivity index (χ1) is 8.43. The van der Waals surface area contributed by atoms with Crippen LogP contribution in [0.5, 0.6) is 0 Å². The van der Waals surface area contributed by atoms with E-state index in [0.29, 0.717) is 11.5 Å². The minimum atomic E-state index is 0.372. The molecule has 0 aromatic heterocycles. The Kier molecular flexibility index (Phi) is 6.65. The largest absolute Gasteiger partial charge is 0.313 e. The lowest BCUT2D eigenvalue weighted by Crippen LogP contribution is -2.44. The maximum atomic E-state index is 3.73. The standard InChI is InChI=1S/C16H34N2/c1-6-10-17-15(16(3,4)5)9-12-18-11-7-8-14(2)13-18/h14-15,17H,6-13H2,1-5H3. The van der Waals surface area contributed by atoms with Gasteiger partial charge in [0.2, 0.25) is 0 Å². The van der Waals surface area contributed by atoms with E-state index in [9.17, 15) is 0 Å². The van der Waals surface area contributed by atoms with Crippen molar-refractivity contribution in [1.29, 1.82) is 0 Å². The summed E-state index contributed by atoms with van der Waals surface area (Å²) in [6.45, 7) is 16.8. The van der Waals surface area contributed by atoms with Gasteiger partial charge in [0.05, 0.1) is 0 Å². The van der Waals surface area contributed by atoms with E-state index >= 15 is 0 Å². The van der Waals surface area contributed by atoms with E-state index in [0.717, 1.165) is 12.5 Å². The zero-order valence-corrected chi connectivity index (χ0v) is 13.3. The molecule has 1 aliphatic heterocycles. The molecule has 0 radical (unpaired) electrons. The first-order valence-corrected chi connectivity index (χ1v) is 7.89. The highest BCUT2D eigenvalue weighted by molar-refractivity contribution is 4.82. The van der Waals surface area contributed by atoms with E-state index in [1.165, 1.54) is 45.3 Å². The van der Waals surface area contributed by atoms with Gasteiger partial charge in [-0.25, -0.2) is 0 Å². The molecular formula is C16H34N2. The molecule has 2 atom stereocenters. The SMILES string of the molecule is CCCNC(CCN1CCCC(C)C1)C(C)(C)C. The lowest BCUT2D eigenvalue weighted by molar-refractivity contribution is 0.157. The molecule has 108 valence electrons. The fourth-order valence-electron chi connectivity index (χ4n) is 2.96. The summed E-state index contributed by atoms with van der Waals surface area (Å²) >= 11 is 0. The zero-order chi connectivity index (χ0) is 13.6. The molecule has 0 bridgehead atoms. The third-order valence-corrected chi connectivity index (χ3v) is 4.16. The van der Waals surface area contributed by atoms with Crippen molar-refractivity contribution in [2.75, 3.05) is 26.2 Å². The van der Waals surface area contributed by atoms with Crippen molar-refractivity contribution < 1.29 is 0 Å². The Labute approximate surface area is 115 Å². The number of hydrogen-bond acceptors (Lipinski definition) is 2. The minimum Gasteiger partial charge on any atom is -0.313 e. The average Bonchev–Trinajstić information content (AvgIpc) is 2.27.